The molecule has 63 heavy (non-hydrogen) atoms. The minimum atomic E-state index is 0.629. The van der Waals surface area contributed by atoms with Crippen molar-refractivity contribution in [3.05, 3.63) is 212 Å². The van der Waals surface area contributed by atoms with Gasteiger partial charge in [-0.1, -0.05) is 158 Å². The van der Waals surface area contributed by atoms with Crippen molar-refractivity contribution in [1.82, 2.24) is 24.1 Å². The van der Waals surface area contributed by atoms with E-state index in [9.17, 15) is 0 Å². The fraction of sp³-hybridized carbons (Fsp3) is 0. The molecule has 0 radical (unpaired) electrons. The Labute approximate surface area is 366 Å². The molecular weight excluding hydrogens is 787 g/mol. The van der Waals surface area contributed by atoms with E-state index < -0.39 is 0 Å². The van der Waals surface area contributed by atoms with Crippen molar-refractivity contribution < 1.29 is 0 Å². The first-order valence-corrected chi connectivity index (χ1v) is 22.0. The van der Waals surface area contributed by atoms with E-state index in [1.807, 2.05) is 47.7 Å². The van der Waals surface area contributed by atoms with E-state index >= 15 is 0 Å². The lowest BCUT2D eigenvalue weighted by molar-refractivity contribution is 1.07. The van der Waals surface area contributed by atoms with Gasteiger partial charge in [-0.2, -0.15) is 0 Å². The van der Waals surface area contributed by atoms with E-state index in [2.05, 4.69) is 185 Å². The van der Waals surface area contributed by atoms with E-state index in [0.29, 0.717) is 17.5 Å². The van der Waals surface area contributed by atoms with Crippen LogP contribution in [0.2, 0.25) is 0 Å². The molecule has 0 aliphatic carbocycles. The van der Waals surface area contributed by atoms with Crippen LogP contribution in [0.3, 0.4) is 0 Å². The number of fused-ring (bicyclic) bond motifs is 10. The molecule has 5 nitrogen and oxygen atoms in total. The van der Waals surface area contributed by atoms with Crippen LogP contribution in [0.4, 0.5) is 0 Å². The van der Waals surface area contributed by atoms with Crippen LogP contribution >= 0.6 is 11.3 Å². The van der Waals surface area contributed by atoms with Gasteiger partial charge in [0.1, 0.15) is 0 Å². The van der Waals surface area contributed by atoms with Crippen molar-refractivity contribution in [3.8, 4) is 56.7 Å². The first kappa shape index (κ1) is 35.6. The molecule has 0 saturated carbocycles. The Morgan fingerprint density at radius 3 is 1.56 bits per heavy atom. The van der Waals surface area contributed by atoms with Crippen molar-refractivity contribution in [1.29, 1.82) is 0 Å². The molecule has 0 amide bonds. The van der Waals surface area contributed by atoms with Crippen molar-refractivity contribution in [2.75, 3.05) is 0 Å². The number of para-hydroxylation sites is 2. The van der Waals surface area contributed by atoms with Gasteiger partial charge in [-0.3, -0.25) is 0 Å². The third-order valence-electron chi connectivity index (χ3n) is 12.4. The Morgan fingerprint density at radius 1 is 0.302 bits per heavy atom. The predicted octanol–water partition coefficient (Wildman–Crippen LogP) is 15.1. The maximum atomic E-state index is 5.13. The fourth-order valence-corrected chi connectivity index (χ4v) is 10.7. The van der Waals surface area contributed by atoms with Crippen LogP contribution in [0.1, 0.15) is 0 Å². The van der Waals surface area contributed by atoms with Crippen LogP contribution in [0.15, 0.2) is 212 Å². The van der Waals surface area contributed by atoms with Crippen molar-refractivity contribution in [3.63, 3.8) is 0 Å². The molecule has 0 unspecified atom stereocenters. The van der Waals surface area contributed by atoms with E-state index in [1.54, 1.807) is 0 Å². The standard InChI is InChI=1S/C57H35N5S/c1-5-16-36(17-6-1)39-28-30-43-42-24-13-14-25-45(42)62(48(43)34-39)46-26-15-27-50-53(46)54-51(63-50)33-32-47-52(54)44-31-29-40(35-49(44)61(47)41-22-11-4-12-23-41)57-59-55(37-18-7-2-8-19-37)58-56(60-57)38-20-9-3-10-21-38/h1-35H. The van der Waals surface area contributed by atoms with E-state index in [0.717, 1.165) is 33.4 Å². The molecule has 0 spiro atoms. The largest absolute Gasteiger partial charge is 0.309 e. The first-order chi connectivity index (χ1) is 31.2. The van der Waals surface area contributed by atoms with Gasteiger partial charge in [0, 0.05) is 64.1 Å². The maximum Gasteiger partial charge on any atom is 0.164 e. The summed E-state index contributed by atoms with van der Waals surface area (Å²) in [5, 5.41) is 7.40. The summed E-state index contributed by atoms with van der Waals surface area (Å²) in [7, 11) is 0. The lowest BCUT2D eigenvalue weighted by Crippen LogP contribution is -2.00. The topological polar surface area (TPSA) is 48.5 Å². The normalized spacial score (nSPS) is 11.8. The van der Waals surface area contributed by atoms with Crippen LogP contribution in [0.25, 0.3) is 120 Å². The summed E-state index contributed by atoms with van der Waals surface area (Å²) in [6, 6.07) is 75.6. The summed E-state index contributed by atoms with van der Waals surface area (Å²) < 4.78 is 7.41. The minimum Gasteiger partial charge on any atom is -0.309 e. The maximum absolute atomic E-state index is 5.13. The Bertz CT molecular complexity index is 3830. The second kappa shape index (κ2) is 14.2. The molecule has 4 aromatic heterocycles. The fourth-order valence-electron chi connectivity index (χ4n) is 9.56. The van der Waals surface area contributed by atoms with Crippen molar-refractivity contribution in [2.45, 2.75) is 0 Å². The van der Waals surface area contributed by atoms with Gasteiger partial charge in [0.15, 0.2) is 17.5 Å². The number of hydrogen-bond donors (Lipinski definition) is 0. The summed E-state index contributed by atoms with van der Waals surface area (Å²) in [6.45, 7) is 0. The molecule has 9 aromatic carbocycles. The van der Waals surface area contributed by atoms with Gasteiger partial charge in [0.2, 0.25) is 0 Å². The molecule has 6 heteroatoms. The zero-order chi connectivity index (χ0) is 41.4. The smallest absolute Gasteiger partial charge is 0.164 e. The summed E-state index contributed by atoms with van der Waals surface area (Å²) >= 11 is 1.86. The third kappa shape index (κ3) is 5.66. The second-order valence-electron chi connectivity index (χ2n) is 16.0. The quantitative estimate of drug-likeness (QED) is 0.168. The van der Waals surface area contributed by atoms with Crippen LogP contribution in [-0.2, 0) is 0 Å². The van der Waals surface area contributed by atoms with Gasteiger partial charge in [0.05, 0.1) is 27.8 Å². The summed E-state index contributed by atoms with van der Waals surface area (Å²) in [5.74, 6) is 1.91. The molecule has 13 rings (SSSR count). The molecule has 294 valence electrons. The van der Waals surface area contributed by atoms with Gasteiger partial charge in [-0.05, 0) is 65.7 Å². The lowest BCUT2D eigenvalue weighted by Gasteiger charge is -2.12. The minimum absolute atomic E-state index is 0.629. The molecular formula is C57H35N5S. The number of hydrogen-bond acceptors (Lipinski definition) is 4. The number of benzene rings is 9. The molecule has 0 N–H and O–H groups in total. The Balaban J connectivity index is 1.10. The van der Waals surface area contributed by atoms with Crippen LogP contribution in [-0.4, -0.2) is 24.1 Å². The van der Waals surface area contributed by atoms with Gasteiger partial charge < -0.3 is 9.13 Å². The highest BCUT2D eigenvalue weighted by atomic mass is 32.1. The monoisotopic (exact) mass is 821 g/mol. The molecule has 0 saturated heterocycles. The SMILES string of the molecule is c1ccc(-c2ccc3c4ccccc4n(-c4cccc5sc6ccc7c(c8ccc(-c9nc(-c%10ccccc%10)nc(-c%10ccccc%10)n9)cc8n7-c7ccccc7)c6c45)c3c2)cc1. The molecule has 0 aliphatic heterocycles. The van der Waals surface area contributed by atoms with Gasteiger partial charge in [-0.15, -0.1) is 11.3 Å². The average Bonchev–Trinajstić information content (AvgIpc) is 4.02. The Kier molecular flexibility index (Phi) is 8.01. The molecule has 0 fully saturated rings. The number of nitrogens with zero attached hydrogens (tertiary/aromatic N) is 5. The number of rotatable bonds is 6. The van der Waals surface area contributed by atoms with Gasteiger partial charge in [0.25, 0.3) is 0 Å². The highest BCUT2D eigenvalue weighted by molar-refractivity contribution is 7.26. The zero-order valence-electron chi connectivity index (χ0n) is 33.9. The van der Waals surface area contributed by atoms with Gasteiger partial charge >= 0.3 is 0 Å². The molecule has 4 heterocycles. The third-order valence-corrected chi connectivity index (χ3v) is 13.5. The average molecular weight is 822 g/mol. The summed E-state index contributed by atoms with van der Waals surface area (Å²) in [4.78, 5) is 15.2. The Morgan fingerprint density at radius 2 is 0.841 bits per heavy atom. The predicted molar refractivity (Wildman–Crippen MR) is 263 cm³/mol. The summed E-state index contributed by atoms with van der Waals surface area (Å²) in [5.41, 5.74) is 12.1. The number of thiophene rings is 1. The second-order valence-corrected chi connectivity index (χ2v) is 17.1. The number of aromatic nitrogens is 5. The molecule has 13 aromatic rings. The van der Waals surface area contributed by atoms with E-state index in [4.69, 9.17) is 15.0 Å². The highest BCUT2D eigenvalue weighted by Crippen LogP contribution is 2.47. The van der Waals surface area contributed by atoms with Gasteiger partial charge in [-0.25, -0.2) is 15.0 Å². The first-order valence-electron chi connectivity index (χ1n) is 21.2. The molecule has 0 bridgehead atoms. The molecule has 0 aliphatic rings. The Hall–Kier alpha value is -8.19. The van der Waals surface area contributed by atoms with Crippen molar-refractivity contribution in [2.24, 2.45) is 0 Å². The van der Waals surface area contributed by atoms with E-state index in [-0.39, 0.29) is 0 Å². The molecule has 0 atom stereocenters. The lowest BCUT2D eigenvalue weighted by atomic mass is 10.0. The van der Waals surface area contributed by atoms with Crippen molar-refractivity contribution >= 4 is 75.1 Å². The van der Waals surface area contributed by atoms with Crippen LogP contribution in [0.5, 0.6) is 0 Å². The summed E-state index contributed by atoms with van der Waals surface area (Å²) in [6.07, 6.45) is 0. The highest BCUT2D eigenvalue weighted by Gasteiger charge is 2.23. The van der Waals surface area contributed by atoms with Crippen LogP contribution < -0.4 is 0 Å². The van der Waals surface area contributed by atoms with E-state index in [1.165, 1.54) is 69.6 Å². The zero-order valence-corrected chi connectivity index (χ0v) is 34.7. The van der Waals surface area contributed by atoms with Crippen LogP contribution in [0, 0.1) is 0 Å².